The lowest BCUT2D eigenvalue weighted by Gasteiger charge is -2.07. The fraction of sp³-hybridized carbons (Fsp3) is 0.100. The van der Waals surface area contributed by atoms with E-state index in [-0.39, 0.29) is 0 Å². The number of amides is 4. The zero-order valence-electron chi connectivity index (χ0n) is 8.58. The number of hydrogen-bond donors (Lipinski definition) is 2. The first-order valence-electron chi connectivity index (χ1n) is 4.74. The normalized spacial score (nSPS) is 15.3. The van der Waals surface area contributed by atoms with Crippen molar-refractivity contribution >= 4 is 17.8 Å². The van der Waals surface area contributed by atoms with Crippen LogP contribution in [-0.2, 0) is 9.59 Å². The van der Waals surface area contributed by atoms with E-state index in [1.54, 1.807) is 24.3 Å². The first kappa shape index (κ1) is 10.9. The van der Waals surface area contributed by atoms with Crippen LogP contribution in [0.25, 0.3) is 0 Å². The standard InChI is InChI=1S/C10H8N4O3/c11-10(17)14-7-8(15)12-5-3-1-2-4-6(5)13-9(7)16/h1-4,7H,(H3,11,14,17). The van der Waals surface area contributed by atoms with Crippen LogP contribution in [-0.4, -0.2) is 23.9 Å². The van der Waals surface area contributed by atoms with E-state index in [1.165, 1.54) is 0 Å². The van der Waals surface area contributed by atoms with Gasteiger partial charge in [-0.05, 0) is 12.1 Å². The number of carbonyl (C=O) groups is 3. The fourth-order valence-electron chi connectivity index (χ4n) is 1.39. The van der Waals surface area contributed by atoms with Gasteiger partial charge in [-0.25, -0.2) is 14.8 Å². The van der Waals surface area contributed by atoms with Gasteiger partial charge in [0.1, 0.15) is 0 Å². The second kappa shape index (κ2) is 4.12. The summed E-state index contributed by atoms with van der Waals surface area (Å²) in [4.78, 5) is 41.3. The fourth-order valence-corrected chi connectivity index (χ4v) is 1.39. The number of benzene rings is 1. The molecule has 0 aromatic heterocycles. The topological polar surface area (TPSA) is 114 Å². The molecule has 0 bridgehead atoms. The Morgan fingerprint density at radius 1 is 1.12 bits per heavy atom. The van der Waals surface area contributed by atoms with Gasteiger partial charge in [0, 0.05) is 0 Å². The Bertz CT molecular complexity index is 576. The van der Waals surface area contributed by atoms with Crippen molar-refractivity contribution in [3.8, 4) is 0 Å². The zero-order chi connectivity index (χ0) is 12.4. The highest BCUT2D eigenvalue weighted by Gasteiger charge is 2.28. The number of nitrogens with two attached hydrogens (primary N) is 1. The molecular formula is C10H8N4O3. The molecule has 1 aliphatic heterocycles. The number of nitrogens with one attached hydrogen (secondary N) is 1. The molecule has 0 unspecified atom stereocenters. The number of hydrogen-bond acceptors (Lipinski definition) is 3. The number of primary amides is 1. The van der Waals surface area contributed by atoms with Gasteiger partial charge < -0.3 is 11.1 Å². The van der Waals surface area contributed by atoms with Gasteiger partial charge in [0.05, 0.1) is 10.7 Å². The third-order valence-electron chi connectivity index (χ3n) is 2.12. The molecule has 1 heterocycles. The highest BCUT2D eigenvalue weighted by atomic mass is 16.2. The predicted molar refractivity (Wildman–Crippen MR) is 55.3 cm³/mol. The molecule has 0 radical (unpaired) electrons. The maximum Gasteiger partial charge on any atom is 0.313 e. The first-order chi connectivity index (χ1) is 8.08. The molecule has 17 heavy (non-hydrogen) atoms. The van der Waals surface area contributed by atoms with Gasteiger partial charge in [-0.1, -0.05) is 12.1 Å². The number of nitrogens with zero attached hydrogens (tertiary/aromatic N) is 2. The minimum Gasteiger partial charge on any atom is -0.352 e. The number of carbonyl (C=O) groups excluding carboxylic acids is 3. The molecule has 2 rings (SSSR count). The molecule has 7 heteroatoms. The SMILES string of the molecule is NC(=O)NC1C(=O)N=c2ccccc2=NC1=O. The van der Waals surface area contributed by atoms with Crippen molar-refractivity contribution in [2.75, 3.05) is 0 Å². The molecule has 0 atom stereocenters. The van der Waals surface area contributed by atoms with Gasteiger partial charge in [-0.15, -0.1) is 0 Å². The highest BCUT2D eigenvalue weighted by molar-refractivity contribution is 6.07. The summed E-state index contributed by atoms with van der Waals surface area (Å²) in [6, 6.07) is 4.01. The summed E-state index contributed by atoms with van der Waals surface area (Å²) >= 11 is 0. The second-order valence-electron chi connectivity index (χ2n) is 3.33. The summed E-state index contributed by atoms with van der Waals surface area (Å²) in [6.45, 7) is 0. The molecule has 0 aliphatic carbocycles. The third kappa shape index (κ3) is 2.17. The van der Waals surface area contributed by atoms with E-state index in [0.717, 1.165) is 0 Å². The van der Waals surface area contributed by atoms with E-state index in [2.05, 4.69) is 9.98 Å². The van der Waals surface area contributed by atoms with Crippen molar-refractivity contribution in [3.05, 3.63) is 35.0 Å². The Kier molecular flexibility index (Phi) is 2.65. The van der Waals surface area contributed by atoms with E-state index in [9.17, 15) is 14.4 Å². The van der Waals surface area contributed by atoms with Crippen molar-refractivity contribution in [2.45, 2.75) is 6.04 Å². The molecule has 0 saturated carbocycles. The monoisotopic (exact) mass is 232 g/mol. The molecular weight excluding hydrogens is 224 g/mol. The summed E-state index contributed by atoms with van der Waals surface area (Å²) < 4.78 is 0. The van der Waals surface area contributed by atoms with E-state index in [0.29, 0.717) is 10.7 Å². The van der Waals surface area contributed by atoms with Crippen LogP contribution in [0.2, 0.25) is 0 Å². The van der Waals surface area contributed by atoms with Gasteiger partial charge in [0.2, 0.25) is 0 Å². The molecule has 0 spiro atoms. The molecule has 1 aromatic rings. The summed E-state index contributed by atoms with van der Waals surface area (Å²) in [7, 11) is 0. The van der Waals surface area contributed by atoms with E-state index < -0.39 is 23.9 Å². The Labute approximate surface area is 95.1 Å². The van der Waals surface area contributed by atoms with Crippen molar-refractivity contribution in [2.24, 2.45) is 15.7 Å². The first-order valence-corrected chi connectivity index (χ1v) is 4.74. The molecule has 1 aromatic carbocycles. The summed E-state index contributed by atoms with van der Waals surface area (Å²) in [5.41, 5.74) is 4.87. The van der Waals surface area contributed by atoms with E-state index in [4.69, 9.17) is 5.73 Å². The van der Waals surface area contributed by atoms with Crippen molar-refractivity contribution in [3.63, 3.8) is 0 Å². The average molecular weight is 232 g/mol. The van der Waals surface area contributed by atoms with Crippen LogP contribution < -0.4 is 21.8 Å². The minimum atomic E-state index is -1.44. The maximum atomic E-state index is 11.6. The molecule has 1 aliphatic rings. The Balaban J connectivity index is 2.55. The van der Waals surface area contributed by atoms with Gasteiger partial charge in [0.15, 0.2) is 6.04 Å². The minimum absolute atomic E-state index is 0.291. The number of urea groups is 1. The predicted octanol–water partition coefficient (Wildman–Crippen LogP) is -1.97. The molecule has 86 valence electrons. The van der Waals surface area contributed by atoms with Crippen LogP contribution in [0.15, 0.2) is 34.3 Å². The zero-order valence-corrected chi connectivity index (χ0v) is 8.58. The largest absolute Gasteiger partial charge is 0.352 e. The lowest BCUT2D eigenvalue weighted by molar-refractivity contribution is -0.128. The van der Waals surface area contributed by atoms with Crippen LogP contribution in [0.3, 0.4) is 0 Å². The van der Waals surface area contributed by atoms with Crippen LogP contribution in [0.1, 0.15) is 0 Å². The van der Waals surface area contributed by atoms with Crippen LogP contribution in [0, 0.1) is 0 Å². The lowest BCUT2D eigenvalue weighted by atomic mass is 10.2. The summed E-state index contributed by atoms with van der Waals surface area (Å²) in [6.07, 6.45) is 0. The molecule has 0 fully saturated rings. The Hall–Kier alpha value is -2.57. The molecule has 4 amide bonds. The number of rotatable bonds is 1. The molecule has 3 N–H and O–H groups in total. The smallest absolute Gasteiger partial charge is 0.313 e. The molecule has 7 nitrogen and oxygen atoms in total. The third-order valence-corrected chi connectivity index (χ3v) is 2.12. The second-order valence-corrected chi connectivity index (χ2v) is 3.33. The van der Waals surface area contributed by atoms with E-state index in [1.807, 2.05) is 5.32 Å². The summed E-state index contributed by atoms with van der Waals surface area (Å²) in [5.74, 6) is -1.58. The summed E-state index contributed by atoms with van der Waals surface area (Å²) in [5, 5.41) is 2.59. The Morgan fingerprint density at radius 2 is 1.59 bits per heavy atom. The Morgan fingerprint density at radius 3 is 2.00 bits per heavy atom. The van der Waals surface area contributed by atoms with Gasteiger partial charge in [-0.3, -0.25) is 9.59 Å². The number of fused-ring (bicyclic) bond motifs is 1. The highest BCUT2D eigenvalue weighted by Crippen LogP contribution is 1.94. The van der Waals surface area contributed by atoms with Crippen LogP contribution >= 0.6 is 0 Å². The van der Waals surface area contributed by atoms with E-state index >= 15 is 0 Å². The van der Waals surface area contributed by atoms with Gasteiger partial charge >= 0.3 is 6.03 Å². The number of para-hydroxylation sites is 2. The quantitative estimate of drug-likeness (QED) is 0.547. The van der Waals surface area contributed by atoms with Crippen molar-refractivity contribution < 1.29 is 14.4 Å². The molecule has 0 saturated heterocycles. The van der Waals surface area contributed by atoms with Gasteiger partial charge in [-0.2, -0.15) is 0 Å². The maximum absolute atomic E-state index is 11.6. The lowest BCUT2D eigenvalue weighted by Crippen LogP contribution is -2.47. The van der Waals surface area contributed by atoms with Crippen molar-refractivity contribution in [1.82, 2.24) is 5.32 Å². The van der Waals surface area contributed by atoms with Crippen molar-refractivity contribution in [1.29, 1.82) is 0 Å². The van der Waals surface area contributed by atoms with Gasteiger partial charge in [0.25, 0.3) is 11.8 Å². The van der Waals surface area contributed by atoms with Crippen LogP contribution in [0.5, 0.6) is 0 Å². The average Bonchev–Trinajstić information content (AvgIpc) is 2.38. The van der Waals surface area contributed by atoms with Crippen LogP contribution in [0.4, 0.5) is 4.79 Å².